The van der Waals surface area contributed by atoms with Crippen LogP contribution in [0, 0.1) is 0 Å². The van der Waals surface area contributed by atoms with Gasteiger partial charge in [0.1, 0.15) is 0 Å². The van der Waals surface area contributed by atoms with Crippen LogP contribution in [0.1, 0.15) is 26.2 Å². The SMILES string of the molecule is CCCCC1CNc2cc(Cl)c(Cl)cc2N1. The van der Waals surface area contributed by atoms with Gasteiger partial charge in [-0.25, -0.2) is 0 Å². The lowest BCUT2D eigenvalue weighted by molar-refractivity contribution is 0.620. The fourth-order valence-corrected chi connectivity index (χ4v) is 2.27. The van der Waals surface area contributed by atoms with Crippen molar-refractivity contribution in [2.75, 3.05) is 17.2 Å². The molecule has 0 spiro atoms. The third-order valence-electron chi connectivity index (χ3n) is 2.87. The van der Waals surface area contributed by atoms with Crippen LogP contribution in [0.4, 0.5) is 11.4 Å². The zero-order chi connectivity index (χ0) is 11.5. The first-order valence-electron chi connectivity index (χ1n) is 5.70. The van der Waals surface area contributed by atoms with E-state index in [0.717, 1.165) is 17.9 Å². The third kappa shape index (κ3) is 2.55. The minimum absolute atomic E-state index is 0.490. The molecule has 4 heteroatoms. The van der Waals surface area contributed by atoms with E-state index in [4.69, 9.17) is 23.2 Å². The van der Waals surface area contributed by atoms with E-state index in [-0.39, 0.29) is 0 Å². The number of anilines is 2. The third-order valence-corrected chi connectivity index (χ3v) is 3.59. The molecule has 1 unspecified atom stereocenters. The molecule has 16 heavy (non-hydrogen) atoms. The van der Waals surface area contributed by atoms with Crippen LogP contribution >= 0.6 is 23.2 Å². The molecule has 0 amide bonds. The van der Waals surface area contributed by atoms with Crippen molar-refractivity contribution in [1.29, 1.82) is 0 Å². The summed E-state index contributed by atoms with van der Waals surface area (Å²) in [6.45, 7) is 3.16. The maximum Gasteiger partial charge on any atom is 0.0614 e. The predicted octanol–water partition coefficient (Wildman–Crippen LogP) is 4.39. The summed E-state index contributed by atoms with van der Waals surface area (Å²) >= 11 is 12.0. The Morgan fingerprint density at radius 1 is 1.25 bits per heavy atom. The second-order valence-electron chi connectivity index (χ2n) is 4.18. The van der Waals surface area contributed by atoms with Gasteiger partial charge < -0.3 is 10.6 Å². The van der Waals surface area contributed by atoms with Crippen LogP contribution in [0.3, 0.4) is 0 Å². The van der Waals surface area contributed by atoms with Gasteiger partial charge in [-0.2, -0.15) is 0 Å². The van der Waals surface area contributed by atoms with Gasteiger partial charge in [-0.05, 0) is 18.6 Å². The minimum Gasteiger partial charge on any atom is -0.381 e. The molecule has 1 atom stereocenters. The highest BCUT2D eigenvalue weighted by molar-refractivity contribution is 6.42. The van der Waals surface area contributed by atoms with Crippen LogP contribution in [0.5, 0.6) is 0 Å². The molecule has 2 N–H and O–H groups in total. The molecule has 2 nitrogen and oxygen atoms in total. The summed E-state index contributed by atoms with van der Waals surface area (Å²) in [6.07, 6.45) is 3.66. The standard InChI is InChI=1S/C12H16Cl2N2/c1-2-3-4-8-7-15-11-5-9(13)10(14)6-12(11)16-8/h5-6,8,15-16H,2-4,7H2,1H3. The molecule has 0 saturated carbocycles. The number of hydrogen-bond acceptors (Lipinski definition) is 2. The molecular weight excluding hydrogens is 243 g/mol. The van der Waals surface area contributed by atoms with Crippen molar-refractivity contribution in [2.45, 2.75) is 32.2 Å². The number of hydrogen-bond donors (Lipinski definition) is 2. The van der Waals surface area contributed by atoms with Crippen LogP contribution in [0.15, 0.2) is 12.1 Å². The summed E-state index contributed by atoms with van der Waals surface area (Å²) in [5.41, 5.74) is 2.10. The quantitative estimate of drug-likeness (QED) is 0.841. The van der Waals surface area contributed by atoms with Crippen LogP contribution in [0.2, 0.25) is 10.0 Å². The van der Waals surface area contributed by atoms with Crippen molar-refractivity contribution in [1.82, 2.24) is 0 Å². The molecule has 0 saturated heterocycles. The second kappa shape index (κ2) is 5.15. The van der Waals surface area contributed by atoms with Gasteiger partial charge in [0.2, 0.25) is 0 Å². The lowest BCUT2D eigenvalue weighted by Gasteiger charge is -2.28. The maximum atomic E-state index is 6.00. The van der Waals surface area contributed by atoms with Gasteiger partial charge in [-0.1, -0.05) is 43.0 Å². The van der Waals surface area contributed by atoms with Crippen molar-refractivity contribution in [2.24, 2.45) is 0 Å². The Kier molecular flexibility index (Phi) is 3.82. The van der Waals surface area contributed by atoms with E-state index in [1.54, 1.807) is 0 Å². The number of rotatable bonds is 3. The topological polar surface area (TPSA) is 24.1 Å². The van der Waals surface area contributed by atoms with Gasteiger partial charge in [-0.15, -0.1) is 0 Å². The fourth-order valence-electron chi connectivity index (χ4n) is 1.94. The van der Waals surface area contributed by atoms with E-state index < -0.39 is 0 Å². The lowest BCUT2D eigenvalue weighted by Crippen LogP contribution is -2.32. The summed E-state index contributed by atoms with van der Waals surface area (Å²) < 4.78 is 0. The number of nitrogens with one attached hydrogen (secondary N) is 2. The Morgan fingerprint density at radius 2 is 1.94 bits per heavy atom. The summed E-state index contributed by atoms with van der Waals surface area (Å²) in [5, 5.41) is 8.08. The Morgan fingerprint density at radius 3 is 2.62 bits per heavy atom. The van der Waals surface area contributed by atoms with Gasteiger partial charge >= 0.3 is 0 Å². The van der Waals surface area contributed by atoms with E-state index in [0.29, 0.717) is 16.1 Å². The monoisotopic (exact) mass is 258 g/mol. The largest absolute Gasteiger partial charge is 0.381 e. The molecule has 0 bridgehead atoms. The fraction of sp³-hybridized carbons (Fsp3) is 0.500. The molecule has 1 aromatic carbocycles. The zero-order valence-electron chi connectivity index (χ0n) is 9.32. The van der Waals surface area contributed by atoms with Crippen LogP contribution in [-0.2, 0) is 0 Å². The molecule has 1 aromatic rings. The van der Waals surface area contributed by atoms with Crippen molar-refractivity contribution in [3.63, 3.8) is 0 Å². The Hall–Kier alpha value is -0.600. The Bertz CT molecular complexity index is 380. The van der Waals surface area contributed by atoms with E-state index in [9.17, 15) is 0 Å². The summed E-state index contributed by atoms with van der Waals surface area (Å²) in [4.78, 5) is 0. The van der Waals surface area contributed by atoms with Crippen LogP contribution < -0.4 is 10.6 Å². The van der Waals surface area contributed by atoms with Gasteiger partial charge in [0.05, 0.1) is 21.4 Å². The highest BCUT2D eigenvalue weighted by atomic mass is 35.5. The average molecular weight is 259 g/mol. The van der Waals surface area contributed by atoms with Gasteiger partial charge in [0, 0.05) is 12.6 Å². The summed E-state index contributed by atoms with van der Waals surface area (Å²) in [6, 6.07) is 4.26. The summed E-state index contributed by atoms with van der Waals surface area (Å²) in [7, 11) is 0. The van der Waals surface area contributed by atoms with Gasteiger partial charge in [0.15, 0.2) is 0 Å². The van der Waals surface area contributed by atoms with Crippen molar-refractivity contribution < 1.29 is 0 Å². The highest BCUT2D eigenvalue weighted by Gasteiger charge is 2.17. The lowest BCUT2D eigenvalue weighted by atomic mass is 10.1. The van der Waals surface area contributed by atoms with Crippen molar-refractivity contribution in [3.8, 4) is 0 Å². The van der Waals surface area contributed by atoms with Gasteiger partial charge in [0.25, 0.3) is 0 Å². The second-order valence-corrected chi connectivity index (χ2v) is 4.99. The Labute approximate surface area is 106 Å². The van der Waals surface area contributed by atoms with Crippen LogP contribution in [0.25, 0.3) is 0 Å². The first-order chi connectivity index (χ1) is 7.70. The first-order valence-corrected chi connectivity index (χ1v) is 6.45. The highest BCUT2D eigenvalue weighted by Crippen LogP contribution is 2.35. The molecule has 2 rings (SSSR count). The average Bonchev–Trinajstić information content (AvgIpc) is 2.28. The molecule has 1 aliphatic heterocycles. The minimum atomic E-state index is 0.490. The molecule has 1 aliphatic rings. The van der Waals surface area contributed by atoms with E-state index in [1.807, 2.05) is 12.1 Å². The molecule has 1 heterocycles. The number of benzene rings is 1. The zero-order valence-corrected chi connectivity index (χ0v) is 10.8. The van der Waals surface area contributed by atoms with Crippen molar-refractivity contribution >= 4 is 34.6 Å². The molecular formula is C12H16Cl2N2. The van der Waals surface area contributed by atoms with E-state index >= 15 is 0 Å². The normalized spacial score (nSPS) is 18.6. The maximum absolute atomic E-state index is 6.00. The van der Waals surface area contributed by atoms with Crippen LogP contribution in [-0.4, -0.2) is 12.6 Å². The van der Waals surface area contributed by atoms with E-state index in [2.05, 4.69) is 17.6 Å². The number of unbranched alkanes of at least 4 members (excludes halogenated alkanes) is 1. The molecule has 0 fully saturated rings. The number of halogens is 2. The smallest absolute Gasteiger partial charge is 0.0614 e. The molecule has 88 valence electrons. The van der Waals surface area contributed by atoms with E-state index in [1.165, 1.54) is 19.3 Å². The molecule has 0 aliphatic carbocycles. The Balaban J connectivity index is 2.11. The van der Waals surface area contributed by atoms with Crippen molar-refractivity contribution in [3.05, 3.63) is 22.2 Å². The molecule has 0 radical (unpaired) electrons. The van der Waals surface area contributed by atoms with Gasteiger partial charge in [-0.3, -0.25) is 0 Å². The predicted molar refractivity (Wildman–Crippen MR) is 71.9 cm³/mol. The first kappa shape index (κ1) is 11.9. The number of fused-ring (bicyclic) bond motifs is 1. The summed E-state index contributed by atoms with van der Waals surface area (Å²) in [5.74, 6) is 0. The molecule has 0 aromatic heterocycles.